The van der Waals surface area contributed by atoms with E-state index >= 15 is 0 Å². The van der Waals surface area contributed by atoms with Crippen LogP contribution in [-0.2, 0) is 4.79 Å². The molecule has 0 radical (unpaired) electrons. The summed E-state index contributed by atoms with van der Waals surface area (Å²) in [7, 11) is 0. The number of hydrogen-bond acceptors (Lipinski definition) is 3. The lowest BCUT2D eigenvalue weighted by Crippen LogP contribution is -2.23. The molecule has 4 heteroatoms. The highest BCUT2D eigenvalue weighted by molar-refractivity contribution is 7.13. The molecule has 1 unspecified atom stereocenters. The van der Waals surface area contributed by atoms with Crippen LogP contribution in [0.4, 0.5) is 5.69 Å². The van der Waals surface area contributed by atoms with Crippen molar-refractivity contribution >= 4 is 22.9 Å². The lowest BCUT2D eigenvalue weighted by Gasteiger charge is -2.14. The number of amides is 1. The van der Waals surface area contributed by atoms with Crippen molar-refractivity contribution in [2.45, 2.75) is 26.3 Å². The Balaban J connectivity index is 2.16. The zero-order valence-electron chi connectivity index (χ0n) is 11.1. The molecule has 0 spiro atoms. The van der Waals surface area contributed by atoms with Crippen molar-refractivity contribution in [2.75, 3.05) is 5.32 Å². The van der Waals surface area contributed by atoms with Gasteiger partial charge in [0.15, 0.2) is 0 Å². The zero-order valence-corrected chi connectivity index (χ0v) is 12.0. The maximum absolute atomic E-state index is 10.9. The summed E-state index contributed by atoms with van der Waals surface area (Å²) in [6, 6.07) is 10.4. The third-order valence-corrected chi connectivity index (χ3v) is 3.97. The van der Waals surface area contributed by atoms with Crippen LogP contribution in [0.25, 0.3) is 10.4 Å². The summed E-state index contributed by atoms with van der Waals surface area (Å²) in [6.07, 6.45) is 0.336. The number of carbonyl (C=O) groups is 1. The highest BCUT2D eigenvalue weighted by Gasteiger charge is 2.08. The summed E-state index contributed by atoms with van der Waals surface area (Å²) in [5, 5.41) is 5.40. The van der Waals surface area contributed by atoms with E-state index in [0.29, 0.717) is 6.42 Å². The van der Waals surface area contributed by atoms with Crippen LogP contribution in [0.1, 0.15) is 18.9 Å². The fraction of sp³-hybridized carbons (Fsp3) is 0.267. The predicted molar refractivity (Wildman–Crippen MR) is 81.4 cm³/mol. The van der Waals surface area contributed by atoms with Gasteiger partial charge in [-0.3, -0.25) is 4.79 Å². The maximum atomic E-state index is 10.9. The molecule has 19 heavy (non-hydrogen) atoms. The fourth-order valence-electron chi connectivity index (χ4n) is 2.06. The van der Waals surface area contributed by atoms with Gasteiger partial charge in [-0.15, -0.1) is 11.3 Å². The first-order valence-electron chi connectivity index (χ1n) is 6.25. The van der Waals surface area contributed by atoms with Crippen LogP contribution in [0.15, 0.2) is 35.7 Å². The molecule has 3 nitrogen and oxygen atoms in total. The molecule has 2 rings (SSSR count). The Morgan fingerprint density at radius 3 is 2.84 bits per heavy atom. The molecule has 1 heterocycles. The number of carbonyl (C=O) groups excluding carboxylic acids is 1. The summed E-state index contributed by atoms with van der Waals surface area (Å²) < 4.78 is 0. The van der Waals surface area contributed by atoms with Gasteiger partial charge in [0, 0.05) is 23.0 Å². The fourth-order valence-corrected chi connectivity index (χ4v) is 2.98. The first-order chi connectivity index (χ1) is 9.06. The molecule has 0 bridgehead atoms. The van der Waals surface area contributed by atoms with E-state index in [9.17, 15) is 4.79 Å². The molecule has 1 atom stereocenters. The summed E-state index contributed by atoms with van der Waals surface area (Å²) >= 11 is 1.74. The SMILES string of the molecule is Cc1ccsc1-c1cccc(NC(C)CC(N)=O)c1. The minimum absolute atomic E-state index is 0.0391. The number of benzene rings is 1. The molecule has 100 valence electrons. The second-order valence-corrected chi connectivity index (χ2v) is 5.65. The number of aryl methyl sites for hydroxylation is 1. The third-order valence-electron chi connectivity index (χ3n) is 2.91. The Bertz CT molecular complexity index is 577. The van der Waals surface area contributed by atoms with E-state index in [0.717, 1.165) is 5.69 Å². The summed E-state index contributed by atoms with van der Waals surface area (Å²) in [5.41, 5.74) is 8.69. The van der Waals surface area contributed by atoms with Crippen LogP contribution in [0.3, 0.4) is 0 Å². The van der Waals surface area contributed by atoms with Gasteiger partial charge >= 0.3 is 0 Å². The van der Waals surface area contributed by atoms with Gasteiger partial charge in [-0.2, -0.15) is 0 Å². The third kappa shape index (κ3) is 3.58. The van der Waals surface area contributed by atoms with Gasteiger partial charge in [-0.1, -0.05) is 12.1 Å². The molecule has 0 aliphatic rings. The van der Waals surface area contributed by atoms with Crippen LogP contribution in [0.2, 0.25) is 0 Å². The molecule has 0 aliphatic heterocycles. The molecule has 0 saturated carbocycles. The first-order valence-corrected chi connectivity index (χ1v) is 7.13. The summed E-state index contributed by atoms with van der Waals surface area (Å²) in [6.45, 7) is 4.06. The average Bonchev–Trinajstić information content (AvgIpc) is 2.74. The minimum atomic E-state index is -0.287. The normalized spacial score (nSPS) is 12.1. The Kier molecular flexibility index (Phi) is 4.22. The lowest BCUT2D eigenvalue weighted by molar-refractivity contribution is -0.118. The Labute approximate surface area is 117 Å². The molecule has 0 aliphatic carbocycles. The van der Waals surface area contributed by atoms with Crippen molar-refractivity contribution in [3.05, 3.63) is 41.3 Å². The number of hydrogen-bond donors (Lipinski definition) is 2. The van der Waals surface area contributed by atoms with Gasteiger partial charge in [0.05, 0.1) is 0 Å². The van der Waals surface area contributed by atoms with Crippen molar-refractivity contribution < 1.29 is 4.79 Å². The maximum Gasteiger partial charge on any atom is 0.219 e. The van der Waals surface area contributed by atoms with E-state index in [1.54, 1.807) is 11.3 Å². The second-order valence-electron chi connectivity index (χ2n) is 4.73. The molecule has 0 fully saturated rings. The average molecular weight is 274 g/mol. The number of primary amides is 1. The molecular weight excluding hydrogens is 256 g/mol. The molecule has 3 N–H and O–H groups in total. The van der Waals surface area contributed by atoms with Crippen molar-refractivity contribution in [2.24, 2.45) is 5.73 Å². The quantitative estimate of drug-likeness (QED) is 0.878. The lowest BCUT2D eigenvalue weighted by atomic mass is 10.1. The van der Waals surface area contributed by atoms with E-state index in [2.05, 4.69) is 35.8 Å². The van der Waals surface area contributed by atoms with Gasteiger partial charge in [0.2, 0.25) is 5.91 Å². The van der Waals surface area contributed by atoms with Crippen molar-refractivity contribution in [3.8, 4) is 10.4 Å². The number of anilines is 1. The van der Waals surface area contributed by atoms with E-state index < -0.39 is 0 Å². The largest absolute Gasteiger partial charge is 0.382 e. The van der Waals surface area contributed by atoms with E-state index in [4.69, 9.17) is 5.73 Å². The Morgan fingerprint density at radius 2 is 2.21 bits per heavy atom. The minimum Gasteiger partial charge on any atom is -0.382 e. The van der Waals surface area contributed by atoms with E-state index in [1.165, 1.54) is 16.0 Å². The van der Waals surface area contributed by atoms with Gasteiger partial charge in [-0.25, -0.2) is 0 Å². The van der Waals surface area contributed by atoms with Crippen molar-refractivity contribution in [1.82, 2.24) is 0 Å². The summed E-state index contributed by atoms with van der Waals surface area (Å²) in [4.78, 5) is 12.2. The topological polar surface area (TPSA) is 55.1 Å². The molecular formula is C15H18N2OS. The number of nitrogens with one attached hydrogen (secondary N) is 1. The standard InChI is InChI=1S/C15H18N2OS/c1-10-6-7-19-15(10)12-4-3-5-13(9-12)17-11(2)8-14(16)18/h3-7,9,11,17H,8H2,1-2H3,(H2,16,18). The second kappa shape index (κ2) is 5.89. The summed E-state index contributed by atoms with van der Waals surface area (Å²) in [5.74, 6) is -0.287. The number of rotatable bonds is 5. The molecule has 1 amide bonds. The van der Waals surface area contributed by atoms with Gasteiger partial charge in [-0.05, 0) is 48.6 Å². The highest BCUT2D eigenvalue weighted by atomic mass is 32.1. The van der Waals surface area contributed by atoms with Gasteiger partial charge in [0.1, 0.15) is 0 Å². The van der Waals surface area contributed by atoms with E-state index in [1.807, 2.05) is 19.1 Å². The van der Waals surface area contributed by atoms with Crippen LogP contribution >= 0.6 is 11.3 Å². The monoisotopic (exact) mass is 274 g/mol. The number of nitrogens with two attached hydrogens (primary N) is 1. The van der Waals surface area contributed by atoms with Crippen molar-refractivity contribution in [3.63, 3.8) is 0 Å². The van der Waals surface area contributed by atoms with E-state index in [-0.39, 0.29) is 11.9 Å². The molecule has 1 aromatic heterocycles. The Hall–Kier alpha value is -1.81. The zero-order chi connectivity index (χ0) is 13.8. The van der Waals surface area contributed by atoms with Crippen LogP contribution in [0.5, 0.6) is 0 Å². The highest BCUT2D eigenvalue weighted by Crippen LogP contribution is 2.30. The molecule has 0 saturated heterocycles. The molecule has 1 aromatic carbocycles. The predicted octanol–water partition coefficient (Wildman–Crippen LogP) is 3.40. The smallest absolute Gasteiger partial charge is 0.219 e. The first kappa shape index (κ1) is 13.6. The van der Waals surface area contributed by atoms with Crippen molar-refractivity contribution in [1.29, 1.82) is 0 Å². The number of thiophene rings is 1. The van der Waals surface area contributed by atoms with Crippen LogP contribution in [-0.4, -0.2) is 11.9 Å². The van der Waals surface area contributed by atoms with Gasteiger partial charge in [0.25, 0.3) is 0 Å². The van der Waals surface area contributed by atoms with Crippen LogP contribution in [0, 0.1) is 6.92 Å². The Morgan fingerprint density at radius 1 is 1.42 bits per heavy atom. The molecule has 2 aromatic rings. The van der Waals surface area contributed by atoms with Gasteiger partial charge < -0.3 is 11.1 Å². The van der Waals surface area contributed by atoms with Crippen LogP contribution < -0.4 is 11.1 Å².